The zero-order valence-electron chi connectivity index (χ0n) is 11.0. The van der Waals surface area contributed by atoms with Crippen LogP contribution in [-0.4, -0.2) is 23.9 Å². The van der Waals surface area contributed by atoms with Crippen LogP contribution in [0, 0.1) is 11.7 Å². The first-order valence-electron chi connectivity index (χ1n) is 6.23. The van der Waals surface area contributed by atoms with Gasteiger partial charge in [-0.15, -0.1) is 0 Å². The summed E-state index contributed by atoms with van der Waals surface area (Å²) in [5.74, 6) is -0.416. The van der Waals surface area contributed by atoms with Gasteiger partial charge in [-0.3, -0.25) is 4.79 Å². The summed E-state index contributed by atoms with van der Waals surface area (Å²) >= 11 is 5.80. The van der Waals surface area contributed by atoms with Gasteiger partial charge in [0, 0.05) is 18.1 Å². The molecule has 0 heterocycles. The molecule has 1 rings (SSSR count). The molecule has 1 aromatic carbocycles. The van der Waals surface area contributed by atoms with Crippen molar-refractivity contribution in [2.75, 3.05) is 13.1 Å². The quantitative estimate of drug-likeness (QED) is 0.793. The van der Waals surface area contributed by atoms with Crippen molar-refractivity contribution in [3.63, 3.8) is 0 Å². The molecular formula is C14H19ClFNO. The third-order valence-corrected chi connectivity index (χ3v) is 3.29. The van der Waals surface area contributed by atoms with E-state index < -0.39 is 5.82 Å². The predicted octanol–water partition coefficient (Wildman–Crippen LogP) is 3.99. The third-order valence-electron chi connectivity index (χ3n) is 3.06. The zero-order chi connectivity index (χ0) is 13.7. The maximum atomic E-state index is 13.6. The summed E-state index contributed by atoms with van der Waals surface area (Å²) in [6.45, 7) is 7.24. The molecule has 4 heteroatoms. The molecule has 1 aromatic rings. The summed E-state index contributed by atoms with van der Waals surface area (Å²) in [4.78, 5) is 13.9. The molecule has 2 nitrogen and oxygen atoms in total. The highest BCUT2D eigenvalue weighted by Gasteiger charge is 2.19. The monoisotopic (exact) mass is 271 g/mol. The summed E-state index contributed by atoms with van der Waals surface area (Å²) in [5, 5.41) is 0.374. The number of hydrogen-bond acceptors (Lipinski definition) is 1. The standard InChI is InChI=1S/C14H19ClFNO/c1-4-10(3)9-17(5-2)14(18)12-8-11(15)6-7-13(12)16/h6-8,10H,4-5,9H2,1-3H3. The second-order valence-electron chi connectivity index (χ2n) is 4.48. The van der Waals surface area contributed by atoms with E-state index in [1.807, 2.05) is 6.92 Å². The third kappa shape index (κ3) is 3.70. The number of nitrogens with zero attached hydrogens (tertiary/aromatic N) is 1. The lowest BCUT2D eigenvalue weighted by molar-refractivity contribution is 0.0736. The molecule has 0 fully saturated rings. The molecule has 0 aliphatic heterocycles. The van der Waals surface area contributed by atoms with E-state index in [-0.39, 0.29) is 11.5 Å². The molecular weight excluding hydrogens is 253 g/mol. The van der Waals surface area contributed by atoms with Crippen LogP contribution in [0.1, 0.15) is 37.6 Å². The summed E-state index contributed by atoms with van der Waals surface area (Å²) in [6, 6.07) is 4.06. The van der Waals surface area contributed by atoms with E-state index in [4.69, 9.17) is 11.6 Å². The predicted molar refractivity (Wildman–Crippen MR) is 72.4 cm³/mol. The van der Waals surface area contributed by atoms with Crippen molar-refractivity contribution in [2.24, 2.45) is 5.92 Å². The average molecular weight is 272 g/mol. The number of carbonyl (C=O) groups is 1. The van der Waals surface area contributed by atoms with Gasteiger partial charge in [0.15, 0.2) is 0 Å². The zero-order valence-corrected chi connectivity index (χ0v) is 11.8. The lowest BCUT2D eigenvalue weighted by Gasteiger charge is -2.24. The Morgan fingerprint density at radius 3 is 2.67 bits per heavy atom. The van der Waals surface area contributed by atoms with Gasteiger partial charge in [-0.25, -0.2) is 4.39 Å². The minimum Gasteiger partial charge on any atom is -0.339 e. The highest BCUT2D eigenvalue weighted by atomic mass is 35.5. The van der Waals surface area contributed by atoms with Crippen molar-refractivity contribution in [2.45, 2.75) is 27.2 Å². The van der Waals surface area contributed by atoms with E-state index >= 15 is 0 Å². The Hall–Kier alpha value is -1.09. The van der Waals surface area contributed by atoms with Crippen LogP contribution in [0.5, 0.6) is 0 Å². The fraction of sp³-hybridized carbons (Fsp3) is 0.500. The van der Waals surface area contributed by atoms with Crippen molar-refractivity contribution >= 4 is 17.5 Å². The number of halogens is 2. The van der Waals surface area contributed by atoms with Gasteiger partial charge in [-0.2, -0.15) is 0 Å². The lowest BCUT2D eigenvalue weighted by atomic mass is 10.1. The van der Waals surface area contributed by atoms with Crippen molar-refractivity contribution in [3.05, 3.63) is 34.6 Å². The molecule has 1 unspecified atom stereocenters. The molecule has 0 saturated carbocycles. The first kappa shape index (κ1) is 15.0. The minimum absolute atomic E-state index is 0.0488. The number of hydrogen-bond donors (Lipinski definition) is 0. The molecule has 0 N–H and O–H groups in total. The Morgan fingerprint density at radius 2 is 2.11 bits per heavy atom. The van der Waals surface area contributed by atoms with Gasteiger partial charge in [0.05, 0.1) is 5.56 Å². The fourth-order valence-electron chi connectivity index (χ4n) is 1.69. The van der Waals surface area contributed by atoms with Crippen LogP contribution in [0.4, 0.5) is 4.39 Å². The van der Waals surface area contributed by atoms with Crippen LogP contribution in [0.2, 0.25) is 5.02 Å². The Morgan fingerprint density at radius 1 is 1.44 bits per heavy atom. The van der Waals surface area contributed by atoms with Gasteiger partial charge < -0.3 is 4.90 Å². The Bertz CT molecular complexity index is 422. The molecule has 0 spiro atoms. The number of rotatable bonds is 5. The first-order valence-corrected chi connectivity index (χ1v) is 6.61. The summed E-state index contributed by atoms with van der Waals surface area (Å²) in [7, 11) is 0. The molecule has 0 radical (unpaired) electrons. The Labute approximate surface area is 113 Å². The van der Waals surface area contributed by atoms with Crippen LogP contribution in [0.15, 0.2) is 18.2 Å². The SMILES string of the molecule is CCC(C)CN(CC)C(=O)c1cc(Cl)ccc1F. The van der Waals surface area contributed by atoms with E-state index in [1.54, 1.807) is 4.90 Å². The number of amides is 1. The van der Waals surface area contributed by atoms with Crippen molar-refractivity contribution < 1.29 is 9.18 Å². The van der Waals surface area contributed by atoms with E-state index in [9.17, 15) is 9.18 Å². The van der Waals surface area contributed by atoms with Crippen molar-refractivity contribution in [1.29, 1.82) is 0 Å². The second kappa shape index (κ2) is 6.74. The highest BCUT2D eigenvalue weighted by Crippen LogP contribution is 2.17. The fourth-order valence-corrected chi connectivity index (χ4v) is 1.86. The lowest BCUT2D eigenvalue weighted by Crippen LogP contribution is -2.35. The van der Waals surface area contributed by atoms with Gasteiger partial charge in [-0.1, -0.05) is 31.9 Å². The van der Waals surface area contributed by atoms with Crippen LogP contribution >= 0.6 is 11.6 Å². The summed E-state index contributed by atoms with van der Waals surface area (Å²) in [5.41, 5.74) is 0.0488. The molecule has 1 amide bonds. The van der Waals surface area contributed by atoms with Gasteiger partial charge in [0.25, 0.3) is 5.91 Å². The van der Waals surface area contributed by atoms with E-state index in [0.717, 1.165) is 6.42 Å². The van der Waals surface area contributed by atoms with E-state index in [0.29, 0.717) is 24.0 Å². The van der Waals surface area contributed by atoms with Crippen LogP contribution in [0.3, 0.4) is 0 Å². The molecule has 1 atom stereocenters. The van der Waals surface area contributed by atoms with E-state index in [2.05, 4.69) is 13.8 Å². The maximum absolute atomic E-state index is 13.6. The minimum atomic E-state index is -0.521. The molecule has 0 bridgehead atoms. The molecule has 0 saturated heterocycles. The van der Waals surface area contributed by atoms with Crippen molar-refractivity contribution in [1.82, 2.24) is 4.90 Å². The van der Waals surface area contributed by atoms with Gasteiger partial charge in [0.2, 0.25) is 0 Å². The first-order chi connectivity index (χ1) is 8.49. The molecule has 0 aliphatic rings. The topological polar surface area (TPSA) is 20.3 Å². The number of carbonyl (C=O) groups excluding carboxylic acids is 1. The van der Waals surface area contributed by atoms with Gasteiger partial charge >= 0.3 is 0 Å². The van der Waals surface area contributed by atoms with Crippen LogP contribution in [0.25, 0.3) is 0 Å². The van der Waals surface area contributed by atoms with Gasteiger partial charge in [0.1, 0.15) is 5.82 Å². The average Bonchev–Trinajstić information content (AvgIpc) is 2.37. The van der Waals surface area contributed by atoms with Crippen LogP contribution in [-0.2, 0) is 0 Å². The second-order valence-corrected chi connectivity index (χ2v) is 4.92. The van der Waals surface area contributed by atoms with Gasteiger partial charge in [-0.05, 0) is 31.0 Å². The normalized spacial score (nSPS) is 12.3. The van der Waals surface area contributed by atoms with Crippen LogP contribution < -0.4 is 0 Å². The largest absolute Gasteiger partial charge is 0.339 e. The smallest absolute Gasteiger partial charge is 0.256 e. The number of benzene rings is 1. The highest BCUT2D eigenvalue weighted by molar-refractivity contribution is 6.30. The molecule has 0 aliphatic carbocycles. The summed E-state index contributed by atoms with van der Waals surface area (Å²) in [6.07, 6.45) is 0.988. The Kier molecular flexibility index (Phi) is 5.60. The van der Waals surface area contributed by atoms with Crippen molar-refractivity contribution in [3.8, 4) is 0 Å². The molecule has 100 valence electrons. The Balaban J connectivity index is 2.92. The molecule has 0 aromatic heterocycles. The molecule has 18 heavy (non-hydrogen) atoms. The maximum Gasteiger partial charge on any atom is 0.256 e. The summed E-state index contributed by atoms with van der Waals surface area (Å²) < 4.78 is 13.6. The van der Waals surface area contributed by atoms with E-state index in [1.165, 1.54) is 18.2 Å².